The normalized spacial score (nSPS) is 11.5. The molecule has 0 aliphatic carbocycles. The first-order valence-corrected chi connectivity index (χ1v) is 5.78. The Morgan fingerprint density at radius 3 is 1.93 bits per heavy atom. The standard InChI is InChI=1S/C12H26N2O/c1-10(2)9-12(15)14(11(3)4)8-7-13(5)6/h10-11H,7-9H2,1-6H3. The largest absolute Gasteiger partial charge is 0.339 e. The third kappa shape index (κ3) is 6.50. The van der Waals surface area contributed by atoms with E-state index in [1.807, 2.05) is 19.0 Å². The van der Waals surface area contributed by atoms with E-state index in [1.165, 1.54) is 0 Å². The number of nitrogens with zero attached hydrogens (tertiary/aromatic N) is 2. The van der Waals surface area contributed by atoms with Crippen LogP contribution in [-0.2, 0) is 4.79 Å². The minimum absolute atomic E-state index is 0.279. The average Bonchev–Trinajstić information content (AvgIpc) is 2.01. The molecular formula is C12H26N2O. The first kappa shape index (κ1) is 14.4. The van der Waals surface area contributed by atoms with Crippen LogP contribution in [0, 0.1) is 5.92 Å². The molecule has 0 saturated carbocycles. The fourth-order valence-corrected chi connectivity index (χ4v) is 1.45. The van der Waals surface area contributed by atoms with Crippen LogP contribution in [-0.4, -0.2) is 48.9 Å². The van der Waals surface area contributed by atoms with E-state index in [0.29, 0.717) is 18.4 Å². The molecule has 0 N–H and O–H groups in total. The molecule has 0 aromatic rings. The monoisotopic (exact) mass is 214 g/mol. The minimum atomic E-state index is 0.279. The van der Waals surface area contributed by atoms with E-state index in [2.05, 4.69) is 32.6 Å². The van der Waals surface area contributed by atoms with Crippen molar-refractivity contribution in [1.29, 1.82) is 0 Å². The van der Waals surface area contributed by atoms with Crippen molar-refractivity contribution in [3.63, 3.8) is 0 Å². The van der Waals surface area contributed by atoms with Crippen LogP contribution >= 0.6 is 0 Å². The molecule has 3 heteroatoms. The molecule has 3 nitrogen and oxygen atoms in total. The van der Waals surface area contributed by atoms with Crippen LogP contribution in [0.3, 0.4) is 0 Å². The van der Waals surface area contributed by atoms with E-state index in [-0.39, 0.29) is 5.91 Å². The lowest BCUT2D eigenvalue weighted by molar-refractivity contribution is -0.133. The molecule has 0 saturated heterocycles. The summed E-state index contributed by atoms with van der Waals surface area (Å²) in [6.07, 6.45) is 0.658. The molecule has 0 unspecified atom stereocenters. The predicted octanol–water partition coefficient (Wildman–Crippen LogP) is 1.83. The van der Waals surface area contributed by atoms with E-state index in [9.17, 15) is 4.79 Å². The van der Waals surface area contributed by atoms with E-state index >= 15 is 0 Å². The molecule has 90 valence electrons. The minimum Gasteiger partial charge on any atom is -0.339 e. The molecule has 0 bridgehead atoms. The highest BCUT2D eigenvalue weighted by molar-refractivity contribution is 5.76. The Hall–Kier alpha value is -0.570. The summed E-state index contributed by atoms with van der Waals surface area (Å²) in [6, 6.07) is 0.302. The molecule has 0 aliphatic heterocycles. The zero-order valence-corrected chi connectivity index (χ0v) is 11.1. The fraction of sp³-hybridized carbons (Fsp3) is 0.917. The number of rotatable bonds is 6. The van der Waals surface area contributed by atoms with Crippen molar-refractivity contribution < 1.29 is 4.79 Å². The third-order valence-corrected chi connectivity index (χ3v) is 2.31. The van der Waals surface area contributed by atoms with Crippen LogP contribution in [0.4, 0.5) is 0 Å². The Morgan fingerprint density at radius 1 is 1.07 bits per heavy atom. The van der Waals surface area contributed by atoms with Crippen molar-refractivity contribution in [3.8, 4) is 0 Å². The van der Waals surface area contributed by atoms with Crippen molar-refractivity contribution in [1.82, 2.24) is 9.80 Å². The van der Waals surface area contributed by atoms with Gasteiger partial charge in [0.1, 0.15) is 0 Å². The predicted molar refractivity (Wildman–Crippen MR) is 64.9 cm³/mol. The molecule has 0 rings (SSSR count). The highest BCUT2D eigenvalue weighted by Crippen LogP contribution is 2.07. The summed E-state index contributed by atoms with van der Waals surface area (Å²) in [7, 11) is 4.07. The van der Waals surface area contributed by atoms with Crippen LogP contribution in [0.1, 0.15) is 34.1 Å². The van der Waals surface area contributed by atoms with E-state index in [0.717, 1.165) is 13.1 Å². The Balaban J connectivity index is 4.19. The van der Waals surface area contributed by atoms with Crippen LogP contribution in [0.5, 0.6) is 0 Å². The van der Waals surface area contributed by atoms with Crippen molar-refractivity contribution in [2.45, 2.75) is 40.2 Å². The molecule has 0 aromatic heterocycles. The summed E-state index contributed by atoms with van der Waals surface area (Å²) < 4.78 is 0. The lowest BCUT2D eigenvalue weighted by Gasteiger charge is -2.28. The highest BCUT2D eigenvalue weighted by Gasteiger charge is 2.17. The maximum Gasteiger partial charge on any atom is 0.223 e. The number of likely N-dealkylation sites (N-methyl/N-ethyl adjacent to an activating group) is 1. The molecule has 15 heavy (non-hydrogen) atoms. The lowest BCUT2D eigenvalue weighted by Crippen LogP contribution is -2.41. The van der Waals surface area contributed by atoms with E-state index in [4.69, 9.17) is 0 Å². The van der Waals surface area contributed by atoms with Gasteiger partial charge in [0.25, 0.3) is 0 Å². The van der Waals surface area contributed by atoms with Gasteiger partial charge >= 0.3 is 0 Å². The van der Waals surface area contributed by atoms with Gasteiger partial charge < -0.3 is 9.80 Å². The number of hydrogen-bond acceptors (Lipinski definition) is 2. The van der Waals surface area contributed by atoms with Crippen molar-refractivity contribution >= 4 is 5.91 Å². The number of carbonyl (C=O) groups is 1. The summed E-state index contributed by atoms with van der Waals surface area (Å²) in [4.78, 5) is 16.0. The maximum atomic E-state index is 11.9. The number of carbonyl (C=O) groups excluding carboxylic acids is 1. The second kappa shape index (κ2) is 6.83. The quantitative estimate of drug-likeness (QED) is 0.673. The zero-order chi connectivity index (χ0) is 12.0. The highest BCUT2D eigenvalue weighted by atomic mass is 16.2. The van der Waals surface area contributed by atoms with Gasteiger partial charge in [-0.3, -0.25) is 4.79 Å². The Kier molecular flexibility index (Phi) is 6.57. The van der Waals surface area contributed by atoms with Gasteiger partial charge in [0.05, 0.1) is 0 Å². The summed E-state index contributed by atoms with van der Waals surface area (Å²) in [6.45, 7) is 10.1. The Bertz CT molecular complexity index is 188. The van der Waals surface area contributed by atoms with Crippen molar-refractivity contribution in [2.24, 2.45) is 5.92 Å². The Morgan fingerprint density at radius 2 is 1.60 bits per heavy atom. The molecule has 0 atom stereocenters. The summed E-state index contributed by atoms with van der Waals surface area (Å²) in [5.41, 5.74) is 0. The topological polar surface area (TPSA) is 23.6 Å². The zero-order valence-electron chi connectivity index (χ0n) is 11.1. The van der Waals surface area contributed by atoms with E-state index < -0.39 is 0 Å². The van der Waals surface area contributed by atoms with Gasteiger partial charge in [-0.25, -0.2) is 0 Å². The lowest BCUT2D eigenvalue weighted by atomic mass is 10.1. The summed E-state index contributed by atoms with van der Waals surface area (Å²) >= 11 is 0. The number of amides is 1. The molecule has 0 heterocycles. The van der Waals surface area contributed by atoms with Crippen LogP contribution in [0.25, 0.3) is 0 Å². The van der Waals surface area contributed by atoms with Gasteiger partial charge in [0.15, 0.2) is 0 Å². The second-order valence-corrected chi connectivity index (χ2v) is 5.08. The number of hydrogen-bond donors (Lipinski definition) is 0. The average molecular weight is 214 g/mol. The molecule has 1 amide bonds. The fourth-order valence-electron chi connectivity index (χ4n) is 1.45. The van der Waals surface area contributed by atoms with Crippen LogP contribution in [0.15, 0.2) is 0 Å². The van der Waals surface area contributed by atoms with Crippen LogP contribution in [0.2, 0.25) is 0 Å². The molecule has 0 aliphatic rings. The first-order chi connectivity index (χ1) is 6.84. The molecular weight excluding hydrogens is 188 g/mol. The van der Waals surface area contributed by atoms with Crippen molar-refractivity contribution in [2.75, 3.05) is 27.2 Å². The SMILES string of the molecule is CC(C)CC(=O)N(CCN(C)C)C(C)C. The Labute approximate surface area is 94.4 Å². The van der Waals surface area contributed by atoms with E-state index in [1.54, 1.807) is 0 Å². The molecule has 0 radical (unpaired) electrons. The third-order valence-electron chi connectivity index (χ3n) is 2.31. The smallest absolute Gasteiger partial charge is 0.223 e. The first-order valence-electron chi connectivity index (χ1n) is 5.78. The van der Waals surface area contributed by atoms with Gasteiger partial charge in [-0.05, 0) is 33.9 Å². The maximum absolute atomic E-state index is 11.9. The van der Waals surface area contributed by atoms with Gasteiger partial charge in [-0.1, -0.05) is 13.8 Å². The molecule has 0 spiro atoms. The molecule has 0 aromatic carbocycles. The van der Waals surface area contributed by atoms with Crippen LogP contribution < -0.4 is 0 Å². The van der Waals surface area contributed by atoms with Crippen molar-refractivity contribution in [3.05, 3.63) is 0 Å². The summed E-state index contributed by atoms with van der Waals surface area (Å²) in [5, 5.41) is 0. The van der Waals surface area contributed by atoms with Gasteiger partial charge in [0, 0.05) is 25.6 Å². The second-order valence-electron chi connectivity index (χ2n) is 5.08. The van der Waals surface area contributed by atoms with Gasteiger partial charge in [0.2, 0.25) is 5.91 Å². The molecule has 0 fully saturated rings. The van der Waals surface area contributed by atoms with Gasteiger partial charge in [-0.2, -0.15) is 0 Å². The summed E-state index contributed by atoms with van der Waals surface area (Å²) in [5.74, 6) is 0.722. The van der Waals surface area contributed by atoms with Gasteiger partial charge in [-0.15, -0.1) is 0 Å².